The highest BCUT2D eigenvalue weighted by molar-refractivity contribution is 4.96. The molecule has 0 aliphatic rings. The van der Waals surface area contributed by atoms with Gasteiger partial charge in [-0.1, -0.05) is 13.8 Å². The second-order valence-electron chi connectivity index (χ2n) is 4.22. The number of ether oxygens (including phenoxy) is 2. The molecule has 21 heavy (non-hydrogen) atoms. The summed E-state index contributed by atoms with van der Waals surface area (Å²) in [6.45, 7) is 5.13. The third-order valence-electron chi connectivity index (χ3n) is 1.87. The van der Waals surface area contributed by atoms with Crippen LogP contribution in [0.5, 0.6) is 0 Å². The van der Waals surface area contributed by atoms with Crippen molar-refractivity contribution in [2.24, 2.45) is 5.92 Å². The monoisotopic (exact) mass is 338 g/mol. The Morgan fingerprint density at radius 3 is 1.29 bits per heavy atom. The Bertz CT molecular complexity index is 299. The summed E-state index contributed by atoms with van der Waals surface area (Å²) >= 11 is 0. The maximum Gasteiger partial charge on any atom is 0.460 e. The molecule has 0 amide bonds. The molecule has 0 aromatic carbocycles. The molecular formula is C10H15F9O2. The molecule has 0 aromatic rings. The van der Waals surface area contributed by atoms with Crippen molar-refractivity contribution in [2.45, 2.75) is 38.0 Å². The van der Waals surface area contributed by atoms with Gasteiger partial charge in [-0.2, -0.15) is 39.5 Å². The third kappa shape index (κ3) is 5.53. The highest BCUT2D eigenvalue weighted by Gasteiger charge is 2.82. The van der Waals surface area contributed by atoms with Crippen LogP contribution in [0, 0.1) is 5.92 Å². The van der Waals surface area contributed by atoms with Crippen LogP contribution in [0.2, 0.25) is 0 Å². The Hall–Kier alpha value is -0.710. The van der Waals surface area contributed by atoms with Crippen molar-refractivity contribution >= 4 is 0 Å². The maximum absolute atomic E-state index is 12.1. The Kier molecular flexibility index (Phi) is 8.08. The van der Waals surface area contributed by atoms with Crippen molar-refractivity contribution in [1.82, 2.24) is 0 Å². The third-order valence-corrected chi connectivity index (χ3v) is 1.87. The van der Waals surface area contributed by atoms with Crippen LogP contribution < -0.4 is 0 Å². The lowest BCUT2D eigenvalue weighted by molar-refractivity contribution is -0.440. The normalized spacial score (nSPS) is 14.0. The predicted octanol–water partition coefficient (Wildman–Crippen LogP) is 4.35. The minimum atomic E-state index is -6.89. The largest absolute Gasteiger partial charge is 0.460 e. The van der Waals surface area contributed by atoms with Crippen LogP contribution in [0.1, 0.15) is 13.8 Å². The summed E-state index contributed by atoms with van der Waals surface area (Å²) in [6, 6.07) is 0. The van der Waals surface area contributed by atoms with E-state index < -0.39 is 24.1 Å². The summed E-state index contributed by atoms with van der Waals surface area (Å²) in [7, 11) is 1.60. The van der Waals surface area contributed by atoms with Crippen LogP contribution in [0.25, 0.3) is 0 Å². The van der Waals surface area contributed by atoms with E-state index in [0.29, 0.717) is 5.92 Å². The van der Waals surface area contributed by atoms with E-state index in [2.05, 4.69) is 18.6 Å². The van der Waals surface area contributed by atoms with E-state index in [9.17, 15) is 39.5 Å². The van der Waals surface area contributed by atoms with Crippen LogP contribution in [0.3, 0.4) is 0 Å². The zero-order chi connectivity index (χ0) is 17.7. The molecule has 130 valence electrons. The number of methoxy groups -OCH3 is 2. The molecule has 11 heteroatoms. The average Bonchev–Trinajstić information content (AvgIpc) is 2.27. The van der Waals surface area contributed by atoms with Gasteiger partial charge < -0.3 is 9.47 Å². The number of hydrogen-bond donors (Lipinski definition) is 0. The number of alkyl halides is 9. The van der Waals surface area contributed by atoms with Crippen molar-refractivity contribution in [1.29, 1.82) is 0 Å². The summed E-state index contributed by atoms with van der Waals surface area (Å²) in [5.74, 6) is -12.9. The van der Waals surface area contributed by atoms with Crippen LogP contribution in [-0.4, -0.2) is 45.0 Å². The summed E-state index contributed by atoms with van der Waals surface area (Å²) < 4.78 is 114. The first-order chi connectivity index (χ1) is 9.08. The van der Waals surface area contributed by atoms with Gasteiger partial charge in [-0.25, -0.2) is 0 Å². The fourth-order valence-electron chi connectivity index (χ4n) is 0.822. The number of rotatable bonds is 5. The van der Waals surface area contributed by atoms with E-state index in [4.69, 9.17) is 4.74 Å². The van der Waals surface area contributed by atoms with Gasteiger partial charge in [-0.15, -0.1) is 0 Å². The van der Waals surface area contributed by atoms with E-state index in [1.165, 1.54) is 0 Å². The van der Waals surface area contributed by atoms with Crippen molar-refractivity contribution in [3.63, 3.8) is 0 Å². The van der Waals surface area contributed by atoms with E-state index in [1.807, 2.05) is 0 Å². The molecular weight excluding hydrogens is 323 g/mol. The summed E-state index contributed by atoms with van der Waals surface area (Å²) in [5, 5.41) is 0. The molecule has 0 aliphatic heterocycles. The Morgan fingerprint density at radius 1 is 0.762 bits per heavy atom. The first-order valence-electron chi connectivity index (χ1n) is 5.32. The highest BCUT2D eigenvalue weighted by Crippen LogP contribution is 2.53. The van der Waals surface area contributed by atoms with E-state index in [0.717, 1.165) is 6.61 Å². The van der Waals surface area contributed by atoms with Gasteiger partial charge in [0.25, 0.3) is 0 Å². The summed E-state index contributed by atoms with van der Waals surface area (Å²) in [4.78, 5) is 0. The van der Waals surface area contributed by atoms with Gasteiger partial charge in [-0.05, 0) is 5.92 Å². The van der Waals surface area contributed by atoms with Gasteiger partial charge in [0.15, 0.2) is 0 Å². The summed E-state index contributed by atoms with van der Waals surface area (Å²) in [6.07, 6.45) is -12.7. The minimum Gasteiger partial charge on any atom is -0.384 e. The van der Waals surface area contributed by atoms with Crippen LogP contribution in [0.15, 0.2) is 0 Å². The molecule has 0 bridgehead atoms. The van der Waals surface area contributed by atoms with Gasteiger partial charge in [0, 0.05) is 20.8 Å². The molecule has 0 unspecified atom stereocenters. The Labute approximate surface area is 115 Å². The molecule has 0 aliphatic carbocycles. The number of hydrogen-bond acceptors (Lipinski definition) is 2. The molecule has 0 fully saturated rings. The topological polar surface area (TPSA) is 18.5 Å². The first-order valence-corrected chi connectivity index (χ1v) is 5.32. The lowest BCUT2D eigenvalue weighted by Crippen LogP contribution is -2.61. The van der Waals surface area contributed by atoms with E-state index in [1.54, 1.807) is 7.11 Å². The average molecular weight is 338 g/mol. The fourth-order valence-corrected chi connectivity index (χ4v) is 0.822. The Balaban J connectivity index is 0. The van der Waals surface area contributed by atoms with Gasteiger partial charge >= 0.3 is 24.1 Å². The molecule has 0 aromatic heterocycles. The molecule has 0 spiro atoms. The van der Waals surface area contributed by atoms with E-state index in [-0.39, 0.29) is 7.11 Å². The zero-order valence-electron chi connectivity index (χ0n) is 11.5. The lowest BCUT2D eigenvalue weighted by Gasteiger charge is -2.32. The van der Waals surface area contributed by atoms with Gasteiger partial charge in [0.2, 0.25) is 0 Å². The number of halogens is 9. The highest BCUT2D eigenvalue weighted by atomic mass is 19.4. The quantitative estimate of drug-likeness (QED) is 0.694. The van der Waals surface area contributed by atoms with E-state index >= 15 is 0 Å². The van der Waals surface area contributed by atoms with Crippen LogP contribution in [0.4, 0.5) is 39.5 Å². The molecule has 0 saturated heterocycles. The molecule has 0 heterocycles. The molecule has 0 saturated carbocycles. The lowest BCUT2D eigenvalue weighted by atomic mass is 10.1. The van der Waals surface area contributed by atoms with Gasteiger partial charge in [0.05, 0.1) is 0 Å². The van der Waals surface area contributed by atoms with Crippen LogP contribution in [-0.2, 0) is 9.47 Å². The second-order valence-corrected chi connectivity index (χ2v) is 4.22. The van der Waals surface area contributed by atoms with Gasteiger partial charge in [0.1, 0.15) is 0 Å². The SMILES string of the molecule is COC(F)(F)C(F)(F)C(F)(F)C(F)(F)F.COCC(C)C. The first kappa shape index (κ1) is 22.6. The molecule has 2 nitrogen and oxygen atoms in total. The van der Waals surface area contributed by atoms with Crippen LogP contribution >= 0.6 is 0 Å². The second kappa shape index (κ2) is 7.52. The summed E-state index contributed by atoms with van der Waals surface area (Å²) in [5.41, 5.74) is 0. The zero-order valence-corrected chi connectivity index (χ0v) is 11.5. The maximum atomic E-state index is 12.1. The molecule has 0 N–H and O–H groups in total. The van der Waals surface area contributed by atoms with Crippen molar-refractivity contribution in [2.75, 3.05) is 20.8 Å². The van der Waals surface area contributed by atoms with Crippen molar-refractivity contribution in [3.05, 3.63) is 0 Å². The molecule has 0 atom stereocenters. The standard InChI is InChI=1S/C5H3F9O.C5H12O/c1-15-5(13,14)3(8,9)2(6,7)4(10,11)12;1-5(2)4-6-3/h1H3;5H,4H2,1-3H3. The molecule has 0 rings (SSSR count). The fraction of sp³-hybridized carbons (Fsp3) is 1.00. The Morgan fingerprint density at radius 2 is 1.14 bits per heavy atom. The minimum absolute atomic E-state index is 0.125. The predicted molar refractivity (Wildman–Crippen MR) is 54.6 cm³/mol. The smallest absolute Gasteiger partial charge is 0.384 e. The molecule has 0 radical (unpaired) electrons. The van der Waals surface area contributed by atoms with Crippen molar-refractivity contribution in [3.8, 4) is 0 Å². The van der Waals surface area contributed by atoms with Crippen molar-refractivity contribution < 1.29 is 49.0 Å². The van der Waals surface area contributed by atoms with Gasteiger partial charge in [-0.3, -0.25) is 0 Å².